The van der Waals surface area contributed by atoms with Crippen molar-refractivity contribution in [1.29, 1.82) is 0 Å². The Morgan fingerprint density at radius 3 is 2.40 bits per heavy atom. The molecule has 1 aromatic carbocycles. The van der Waals surface area contributed by atoms with Crippen molar-refractivity contribution in [3.05, 3.63) is 52.4 Å². The summed E-state index contributed by atoms with van der Waals surface area (Å²) in [6, 6.07) is 4.95. The van der Waals surface area contributed by atoms with Gasteiger partial charge in [-0.3, -0.25) is 0 Å². The highest BCUT2D eigenvalue weighted by atomic mass is 35.5. The molecule has 7 heteroatoms. The van der Waals surface area contributed by atoms with Gasteiger partial charge in [0.25, 0.3) is 0 Å². The predicted octanol–water partition coefficient (Wildman–Crippen LogP) is 4.07. The summed E-state index contributed by atoms with van der Waals surface area (Å²) in [5.41, 5.74) is 0.746. The monoisotopic (exact) mass is 301 g/mol. The van der Waals surface area contributed by atoms with Gasteiger partial charge in [0.05, 0.1) is 5.56 Å². The van der Waals surface area contributed by atoms with Gasteiger partial charge >= 0.3 is 6.18 Å². The van der Waals surface area contributed by atoms with Gasteiger partial charge in [-0.2, -0.15) is 13.2 Å². The molecule has 3 nitrogen and oxygen atoms in total. The third-order valence-electron chi connectivity index (χ3n) is 2.76. The maximum absolute atomic E-state index is 12.4. The minimum absolute atomic E-state index is 0.343. The molecule has 1 N–H and O–H groups in total. The zero-order valence-corrected chi connectivity index (χ0v) is 11.3. The van der Waals surface area contributed by atoms with Crippen molar-refractivity contribution < 1.29 is 13.2 Å². The first kappa shape index (κ1) is 14.6. The fourth-order valence-corrected chi connectivity index (χ4v) is 1.74. The maximum Gasteiger partial charge on any atom is 0.416 e. The summed E-state index contributed by atoms with van der Waals surface area (Å²) in [4.78, 5) is 7.85. The van der Waals surface area contributed by atoms with E-state index in [9.17, 15) is 13.2 Å². The number of anilines is 1. The Morgan fingerprint density at radius 1 is 1.15 bits per heavy atom. The molecule has 0 unspecified atom stereocenters. The largest absolute Gasteiger partial charge is 0.416 e. The number of benzene rings is 1. The molecule has 0 amide bonds. The summed E-state index contributed by atoms with van der Waals surface area (Å²) < 4.78 is 37.3. The van der Waals surface area contributed by atoms with Crippen LogP contribution >= 0.6 is 11.6 Å². The van der Waals surface area contributed by atoms with Crippen LogP contribution in [0.4, 0.5) is 19.0 Å². The van der Waals surface area contributed by atoms with Gasteiger partial charge in [0, 0.05) is 12.1 Å². The highest BCUT2D eigenvalue weighted by Crippen LogP contribution is 2.29. The van der Waals surface area contributed by atoms with Crippen LogP contribution in [0, 0.1) is 6.92 Å². The van der Waals surface area contributed by atoms with Crippen molar-refractivity contribution in [3.63, 3.8) is 0 Å². The Hall–Kier alpha value is -1.82. The molecule has 0 spiro atoms. The molecule has 0 saturated heterocycles. The number of hydrogen-bond donors (Lipinski definition) is 1. The highest BCUT2D eigenvalue weighted by Gasteiger charge is 2.29. The van der Waals surface area contributed by atoms with Crippen molar-refractivity contribution in [1.82, 2.24) is 9.97 Å². The van der Waals surface area contributed by atoms with Crippen molar-refractivity contribution in [2.75, 3.05) is 5.32 Å². The lowest BCUT2D eigenvalue weighted by molar-refractivity contribution is -0.137. The minimum atomic E-state index is -4.32. The molecule has 20 heavy (non-hydrogen) atoms. The van der Waals surface area contributed by atoms with E-state index >= 15 is 0 Å². The second-order valence-corrected chi connectivity index (χ2v) is 4.54. The normalized spacial score (nSPS) is 11.4. The van der Waals surface area contributed by atoms with Crippen LogP contribution in [-0.2, 0) is 12.7 Å². The number of halogens is 4. The van der Waals surface area contributed by atoms with Gasteiger partial charge in [0.2, 0.25) is 0 Å². The van der Waals surface area contributed by atoms with E-state index in [1.807, 2.05) is 0 Å². The average Bonchev–Trinajstić information content (AvgIpc) is 2.40. The molecule has 2 aromatic rings. The zero-order valence-electron chi connectivity index (χ0n) is 10.5. The van der Waals surface area contributed by atoms with E-state index in [2.05, 4.69) is 15.3 Å². The van der Waals surface area contributed by atoms with Gasteiger partial charge in [-0.15, -0.1) is 0 Å². The van der Waals surface area contributed by atoms with Gasteiger partial charge in [0.1, 0.15) is 17.3 Å². The first-order valence-corrected chi connectivity index (χ1v) is 6.13. The van der Waals surface area contributed by atoms with E-state index < -0.39 is 11.7 Å². The Kier molecular flexibility index (Phi) is 4.13. The second-order valence-electron chi connectivity index (χ2n) is 4.19. The topological polar surface area (TPSA) is 37.8 Å². The molecule has 1 aromatic heterocycles. The second kappa shape index (κ2) is 5.66. The van der Waals surface area contributed by atoms with Crippen LogP contribution < -0.4 is 5.32 Å². The van der Waals surface area contributed by atoms with Crippen molar-refractivity contribution in [3.8, 4) is 0 Å². The molecule has 0 saturated carbocycles. The summed E-state index contributed by atoms with van der Waals surface area (Å²) >= 11 is 5.85. The zero-order chi connectivity index (χ0) is 14.8. The van der Waals surface area contributed by atoms with Crippen LogP contribution in [0.3, 0.4) is 0 Å². The predicted molar refractivity (Wildman–Crippen MR) is 70.5 cm³/mol. The SMILES string of the molecule is Cc1c(Cl)ncnc1NCc1ccc(C(F)(F)F)cc1. The van der Waals surface area contributed by atoms with Crippen molar-refractivity contribution >= 4 is 17.4 Å². The molecule has 0 bridgehead atoms. The molecule has 0 atom stereocenters. The molecule has 0 aliphatic heterocycles. The Bertz CT molecular complexity index is 597. The van der Waals surface area contributed by atoms with Gasteiger partial charge in [-0.25, -0.2) is 9.97 Å². The van der Waals surface area contributed by atoms with E-state index in [4.69, 9.17) is 11.6 Å². The van der Waals surface area contributed by atoms with E-state index in [1.54, 1.807) is 6.92 Å². The molecule has 106 valence electrons. The first-order chi connectivity index (χ1) is 9.38. The van der Waals surface area contributed by atoms with Crippen LogP contribution in [0.1, 0.15) is 16.7 Å². The Morgan fingerprint density at radius 2 is 1.80 bits per heavy atom. The quantitative estimate of drug-likeness (QED) is 0.868. The molecule has 0 aliphatic carbocycles. The number of nitrogens with one attached hydrogen (secondary N) is 1. The fraction of sp³-hybridized carbons (Fsp3) is 0.231. The summed E-state index contributed by atoms with van der Waals surface area (Å²) in [6.45, 7) is 2.11. The summed E-state index contributed by atoms with van der Waals surface area (Å²) in [6.07, 6.45) is -2.99. The third-order valence-corrected chi connectivity index (χ3v) is 3.14. The molecular formula is C13H11ClF3N3. The summed E-state index contributed by atoms with van der Waals surface area (Å²) in [5, 5.41) is 3.35. The van der Waals surface area contributed by atoms with Gasteiger partial charge in [0.15, 0.2) is 0 Å². The van der Waals surface area contributed by atoms with E-state index in [0.29, 0.717) is 28.6 Å². The number of alkyl halides is 3. The minimum Gasteiger partial charge on any atom is -0.366 e. The maximum atomic E-state index is 12.4. The molecule has 0 radical (unpaired) electrons. The molecule has 0 aliphatic rings. The molecule has 2 rings (SSSR count). The standard InChI is InChI=1S/C13H11ClF3N3/c1-8-11(14)19-7-20-12(8)18-6-9-2-4-10(5-3-9)13(15,16)17/h2-5,7H,6H2,1H3,(H,18,19,20). The Labute approximate surface area is 118 Å². The van der Waals surface area contributed by atoms with Crippen LogP contribution in [0.15, 0.2) is 30.6 Å². The average molecular weight is 302 g/mol. The van der Waals surface area contributed by atoms with E-state index in [1.165, 1.54) is 18.5 Å². The summed E-state index contributed by atoms with van der Waals surface area (Å²) in [7, 11) is 0. The summed E-state index contributed by atoms with van der Waals surface area (Å²) in [5.74, 6) is 0.560. The lowest BCUT2D eigenvalue weighted by atomic mass is 10.1. The highest BCUT2D eigenvalue weighted by molar-refractivity contribution is 6.30. The van der Waals surface area contributed by atoms with Crippen molar-refractivity contribution in [2.45, 2.75) is 19.6 Å². The van der Waals surface area contributed by atoms with Gasteiger partial charge in [-0.1, -0.05) is 23.7 Å². The van der Waals surface area contributed by atoms with Crippen LogP contribution in [0.2, 0.25) is 5.15 Å². The number of aromatic nitrogens is 2. The van der Waals surface area contributed by atoms with Crippen molar-refractivity contribution in [2.24, 2.45) is 0 Å². The number of nitrogens with zero attached hydrogens (tertiary/aromatic N) is 2. The van der Waals surface area contributed by atoms with E-state index in [0.717, 1.165) is 12.1 Å². The van der Waals surface area contributed by atoms with Crippen LogP contribution in [-0.4, -0.2) is 9.97 Å². The number of hydrogen-bond acceptors (Lipinski definition) is 3. The lowest BCUT2D eigenvalue weighted by Gasteiger charge is -2.10. The van der Waals surface area contributed by atoms with E-state index in [-0.39, 0.29) is 0 Å². The Balaban J connectivity index is 2.06. The lowest BCUT2D eigenvalue weighted by Crippen LogP contribution is -2.06. The number of rotatable bonds is 3. The van der Waals surface area contributed by atoms with Gasteiger partial charge in [-0.05, 0) is 24.6 Å². The first-order valence-electron chi connectivity index (χ1n) is 5.75. The third kappa shape index (κ3) is 3.39. The van der Waals surface area contributed by atoms with Crippen LogP contribution in [0.5, 0.6) is 0 Å². The fourth-order valence-electron chi connectivity index (χ4n) is 1.60. The molecule has 1 heterocycles. The molecular weight excluding hydrogens is 291 g/mol. The van der Waals surface area contributed by atoms with Gasteiger partial charge < -0.3 is 5.32 Å². The molecule has 0 fully saturated rings. The smallest absolute Gasteiger partial charge is 0.366 e. The van der Waals surface area contributed by atoms with Crippen LogP contribution in [0.25, 0.3) is 0 Å².